The highest BCUT2D eigenvalue weighted by Gasteiger charge is 2.29. The number of benzene rings is 3. The Morgan fingerprint density at radius 3 is 2.14 bits per heavy atom. The number of allylic oxidation sites excluding steroid dienone is 1. The van der Waals surface area contributed by atoms with Crippen LogP contribution in [-0.4, -0.2) is 19.8 Å². The van der Waals surface area contributed by atoms with E-state index in [-0.39, 0.29) is 12.7 Å². The Kier molecular flexibility index (Phi) is 5.54. The van der Waals surface area contributed by atoms with Gasteiger partial charge in [-0.3, -0.25) is 4.79 Å². The Hall–Kier alpha value is -3.63. The maximum absolute atomic E-state index is 12.9. The summed E-state index contributed by atoms with van der Waals surface area (Å²) >= 11 is 0. The zero-order valence-electron chi connectivity index (χ0n) is 16.1. The van der Waals surface area contributed by atoms with Crippen molar-refractivity contribution in [1.29, 1.82) is 0 Å². The van der Waals surface area contributed by atoms with E-state index in [0.717, 1.165) is 28.0 Å². The summed E-state index contributed by atoms with van der Waals surface area (Å²) in [6.07, 6.45) is 1.97. The minimum absolute atomic E-state index is 0.104. The van der Waals surface area contributed by atoms with Crippen LogP contribution < -0.4 is 10.1 Å². The zero-order valence-corrected chi connectivity index (χ0v) is 16.1. The van der Waals surface area contributed by atoms with Crippen molar-refractivity contribution in [3.8, 4) is 5.75 Å². The van der Waals surface area contributed by atoms with Crippen molar-refractivity contribution in [1.82, 2.24) is 5.32 Å². The molecule has 3 aromatic carbocycles. The molecule has 3 aromatic rings. The fourth-order valence-electron chi connectivity index (χ4n) is 3.38. The van der Waals surface area contributed by atoms with Crippen molar-refractivity contribution in [2.24, 2.45) is 0 Å². The van der Waals surface area contributed by atoms with Gasteiger partial charge in [0.05, 0.1) is 11.3 Å². The Balaban J connectivity index is 1.82. The first-order valence-corrected chi connectivity index (χ1v) is 9.36. The first-order chi connectivity index (χ1) is 14.3. The van der Waals surface area contributed by atoms with Crippen molar-refractivity contribution in [2.45, 2.75) is 0 Å². The number of nitrogens with one attached hydrogen (secondary N) is 1. The average molecular weight is 383 g/mol. The molecule has 1 N–H and O–H groups in total. The SMILES string of the molecule is COCOc1cccc(/C=C2\NC(=O)C(c3ccccc3)=C2c2ccccc2)c1. The van der Waals surface area contributed by atoms with E-state index in [2.05, 4.69) is 5.32 Å². The summed E-state index contributed by atoms with van der Waals surface area (Å²) < 4.78 is 10.5. The van der Waals surface area contributed by atoms with Crippen LogP contribution in [0, 0.1) is 0 Å². The number of ether oxygens (including phenoxy) is 2. The Labute approximate surface area is 170 Å². The van der Waals surface area contributed by atoms with Gasteiger partial charge in [0.15, 0.2) is 6.79 Å². The Morgan fingerprint density at radius 1 is 0.828 bits per heavy atom. The number of amides is 1. The molecule has 4 heteroatoms. The lowest BCUT2D eigenvalue weighted by Crippen LogP contribution is -2.15. The van der Waals surface area contributed by atoms with E-state index in [4.69, 9.17) is 9.47 Å². The molecule has 0 spiro atoms. The van der Waals surface area contributed by atoms with Gasteiger partial charge in [0.2, 0.25) is 0 Å². The fourth-order valence-corrected chi connectivity index (χ4v) is 3.38. The van der Waals surface area contributed by atoms with Crippen LogP contribution in [0.15, 0.2) is 90.6 Å². The average Bonchev–Trinajstić information content (AvgIpc) is 3.09. The molecule has 29 heavy (non-hydrogen) atoms. The molecule has 0 bridgehead atoms. The first-order valence-electron chi connectivity index (χ1n) is 9.36. The molecule has 0 aliphatic carbocycles. The van der Waals surface area contributed by atoms with Crippen molar-refractivity contribution in [3.63, 3.8) is 0 Å². The van der Waals surface area contributed by atoms with Gasteiger partial charge in [0.25, 0.3) is 5.91 Å². The highest BCUT2D eigenvalue weighted by Crippen LogP contribution is 2.37. The molecule has 1 heterocycles. The summed E-state index contributed by atoms with van der Waals surface area (Å²) in [5.41, 5.74) is 5.15. The van der Waals surface area contributed by atoms with Crippen LogP contribution in [0.3, 0.4) is 0 Å². The maximum Gasteiger partial charge on any atom is 0.256 e. The maximum atomic E-state index is 12.9. The molecule has 1 aliphatic rings. The van der Waals surface area contributed by atoms with Crippen LogP contribution in [0.1, 0.15) is 16.7 Å². The number of methoxy groups -OCH3 is 1. The second-order valence-corrected chi connectivity index (χ2v) is 6.62. The smallest absolute Gasteiger partial charge is 0.256 e. The van der Waals surface area contributed by atoms with Crippen molar-refractivity contribution >= 4 is 23.1 Å². The van der Waals surface area contributed by atoms with Gasteiger partial charge in [-0.15, -0.1) is 0 Å². The molecule has 1 amide bonds. The van der Waals surface area contributed by atoms with Gasteiger partial charge in [-0.25, -0.2) is 0 Å². The molecule has 4 rings (SSSR count). The molecule has 0 atom stereocenters. The normalized spacial score (nSPS) is 14.9. The molecule has 4 nitrogen and oxygen atoms in total. The summed E-state index contributed by atoms with van der Waals surface area (Å²) in [6.45, 7) is 0.185. The lowest BCUT2D eigenvalue weighted by molar-refractivity contribution is -0.114. The van der Waals surface area contributed by atoms with E-state index in [1.165, 1.54) is 0 Å². The minimum Gasteiger partial charge on any atom is -0.468 e. The van der Waals surface area contributed by atoms with E-state index in [1.807, 2.05) is 91.0 Å². The third-order valence-electron chi connectivity index (χ3n) is 4.63. The lowest BCUT2D eigenvalue weighted by atomic mass is 9.94. The van der Waals surface area contributed by atoms with Gasteiger partial charge < -0.3 is 14.8 Å². The molecule has 0 saturated heterocycles. The van der Waals surface area contributed by atoms with Crippen LogP contribution in [0.2, 0.25) is 0 Å². The van der Waals surface area contributed by atoms with E-state index in [0.29, 0.717) is 11.3 Å². The van der Waals surface area contributed by atoms with Gasteiger partial charge in [-0.05, 0) is 34.9 Å². The summed E-state index contributed by atoms with van der Waals surface area (Å²) in [6, 6.07) is 27.4. The number of carbonyl (C=O) groups excluding carboxylic acids is 1. The molecular formula is C25H21NO3. The third kappa shape index (κ3) is 4.13. The monoisotopic (exact) mass is 383 g/mol. The predicted molar refractivity (Wildman–Crippen MR) is 115 cm³/mol. The van der Waals surface area contributed by atoms with Crippen LogP contribution in [0.4, 0.5) is 0 Å². The number of hydrogen-bond acceptors (Lipinski definition) is 3. The largest absolute Gasteiger partial charge is 0.468 e. The fraction of sp³-hybridized carbons (Fsp3) is 0.0800. The van der Waals surface area contributed by atoms with Gasteiger partial charge in [0.1, 0.15) is 5.75 Å². The summed E-state index contributed by atoms with van der Waals surface area (Å²) in [5.74, 6) is 0.604. The van der Waals surface area contributed by atoms with E-state index < -0.39 is 0 Å². The minimum atomic E-state index is -0.104. The van der Waals surface area contributed by atoms with Gasteiger partial charge in [-0.1, -0.05) is 72.8 Å². The highest BCUT2D eigenvalue weighted by atomic mass is 16.7. The quantitative estimate of drug-likeness (QED) is 0.625. The first kappa shape index (κ1) is 18.7. The van der Waals surface area contributed by atoms with Crippen LogP contribution in [0.5, 0.6) is 5.75 Å². The van der Waals surface area contributed by atoms with Gasteiger partial charge in [0, 0.05) is 12.7 Å². The van der Waals surface area contributed by atoms with E-state index in [9.17, 15) is 4.79 Å². The van der Waals surface area contributed by atoms with Gasteiger partial charge >= 0.3 is 0 Å². The van der Waals surface area contributed by atoms with E-state index >= 15 is 0 Å². The molecular weight excluding hydrogens is 362 g/mol. The number of hydrogen-bond donors (Lipinski definition) is 1. The molecule has 0 saturated carbocycles. The summed E-state index contributed by atoms with van der Waals surface area (Å²) in [5, 5.41) is 3.04. The van der Waals surface area contributed by atoms with Crippen LogP contribution in [0.25, 0.3) is 17.2 Å². The molecule has 0 aromatic heterocycles. The predicted octanol–water partition coefficient (Wildman–Crippen LogP) is 4.75. The second kappa shape index (κ2) is 8.59. The summed E-state index contributed by atoms with van der Waals surface area (Å²) in [7, 11) is 1.59. The summed E-state index contributed by atoms with van der Waals surface area (Å²) in [4.78, 5) is 12.9. The second-order valence-electron chi connectivity index (χ2n) is 6.62. The van der Waals surface area contributed by atoms with E-state index in [1.54, 1.807) is 7.11 Å². The number of carbonyl (C=O) groups is 1. The Morgan fingerprint density at radius 2 is 1.48 bits per heavy atom. The molecule has 144 valence electrons. The Bertz CT molecular complexity index is 1070. The molecule has 1 aliphatic heterocycles. The standard InChI is InChI=1S/C25H21NO3/c1-28-17-29-21-14-8-9-18(15-21)16-22-23(19-10-4-2-5-11-19)24(25(27)26-22)20-12-6-3-7-13-20/h2-16H,17H2,1H3,(H,26,27)/b22-16-. The van der Waals surface area contributed by atoms with Crippen molar-refractivity contribution < 1.29 is 14.3 Å². The topological polar surface area (TPSA) is 47.6 Å². The lowest BCUT2D eigenvalue weighted by Gasteiger charge is -2.09. The van der Waals surface area contributed by atoms with Crippen molar-refractivity contribution in [2.75, 3.05) is 13.9 Å². The molecule has 0 radical (unpaired) electrons. The highest BCUT2D eigenvalue weighted by molar-refractivity contribution is 6.34. The van der Waals surface area contributed by atoms with Gasteiger partial charge in [-0.2, -0.15) is 0 Å². The van der Waals surface area contributed by atoms with Crippen LogP contribution in [-0.2, 0) is 9.53 Å². The third-order valence-corrected chi connectivity index (χ3v) is 4.63. The van der Waals surface area contributed by atoms with Crippen molar-refractivity contribution in [3.05, 3.63) is 107 Å². The van der Waals surface area contributed by atoms with Crippen LogP contribution >= 0.6 is 0 Å². The zero-order chi connectivity index (χ0) is 20.1. The molecule has 0 fully saturated rings. The number of rotatable bonds is 6. The molecule has 0 unspecified atom stereocenters.